The van der Waals surface area contributed by atoms with E-state index in [-0.39, 0.29) is 12.4 Å². The summed E-state index contributed by atoms with van der Waals surface area (Å²) in [6.45, 7) is 10.7. The number of hydrogen-bond donors (Lipinski definition) is 0. The molecule has 0 saturated heterocycles. The summed E-state index contributed by atoms with van der Waals surface area (Å²) in [4.78, 5) is 0. The molecule has 0 amide bonds. The average Bonchev–Trinajstić information content (AvgIpc) is 2.37. The molecule has 0 fully saturated rings. The lowest BCUT2D eigenvalue weighted by atomic mass is 10.1. The predicted octanol–water partition coefficient (Wildman–Crippen LogP) is 2.18. The van der Waals surface area contributed by atoms with E-state index in [4.69, 9.17) is 11.6 Å². The molecule has 0 aliphatic rings. The first-order valence-electron chi connectivity index (χ1n) is 7.65. The monoisotopic (exact) mass is 297 g/mol. The molecule has 0 unspecified atom stereocenters. The first-order valence-corrected chi connectivity index (χ1v) is 8.19. The van der Waals surface area contributed by atoms with Gasteiger partial charge in [0.15, 0.2) is 6.00 Å². The molecule has 0 spiro atoms. The van der Waals surface area contributed by atoms with Crippen LogP contribution < -0.4 is 12.4 Å². The van der Waals surface area contributed by atoms with Gasteiger partial charge in [0.2, 0.25) is 0 Å². The van der Waals surface area contributed by atoms with E-state index in [0.717, 1.165) is 10.5 Å². The van der Waals surface area contributed by atoms with Crippen LogP contribution in [0.15, 0.2) is 0 Å². The Morgan fingerprint density at radius 3 is 1.50 bits per heavy atom. The molecule has 0 aliphatic carbocycles. The average molecular weight is 298 g/mol. The van der Waals surface area contributed by atoms with E-state index in [0.29, 0.717) is 0 Å². The van der Waals surface area contributed by atoms with Gasteiger partial charge in [-0.2, -0.15) is 0 Å². The van der Waals surface area contributed by atoms with Crippen LogP contribution in [0.4, 0.5) is 0 Å². The van der Waals surface area contributed by atoms with Gasteiger partial charge < -0.3 is 16.9 Å². The molecule has 0 aliphatic heterocycles. The maximum absolute atomic E-state index is 6.28. The first kappa shape index (κ1) is 20.8. The van der Waals surface area contributed by atoms with E-state index in [2.05, 4.69) is 20.8 Å². The van der Waals surface area contributed by atoms with E-state index in [9.17, 15) is 0 Å². The van der Waals surface area contributed by atoms with Gasteiger partial charge in [-0.05, 0) is 25.7 Å². The second-order valence-corrected chi connectivity index (χ2v) is 5.64. The zero-order valence-electron chi connectivity index (χ0n) is 12.7. The van der Waals surface area contributed by atoms with Gasteiger partial charge in [0, 0.05) is 0 Å². The van der Waals surface area contributed by atoms with Gasteiger partial charge in [-0.25, -0.2) is 0 Å². The third kappa shape index (κ3) is 9.47. The largest absolute Gasteiger partial charge is 1.00 e. The standard InChI is InChI=1S/C15H33ClN.ClH/c1-4-7-10-11-14-17(15-16,12-8-5-2)13-9-6-3;/h4-15H2,1-3H3;1H/q+1;/p-1. The van der Waals surface area contributed by atoms with E-state index in [1.165, 1.54) is 71.0 Å². The highest BCUT2D eigenvalue weighted by molar-refractivity contribution is 6.16. The summed E-state index contributed by atoms with van der Waals surface area (Å²) in [6, 6.07) is 0.812. The van der Waals surface area contributed by atoms with E-state index >= 15 is 0 Å². The molecule has 0 saturated carbocycles. The van der Waals surface area contributed by atoms with Crippen LogP contribution in [0.2, 0.25) is 0 Å². The molecule has 0 atom stereocenters. The molecule has 0 bridgehead atoms. The summed E-state index contributed by atoms with van der Waals surface area (Å²) in [5.41, 5.74) is 0. The fourth-order valence-corrected chi connectivity index (χ4v) is 2.73. The smallest absolute Gasteiger partial charge is 0.154 e. The summed E-state index contributed by atoms with van der Waals surface area (Å²) in [5.74, 6) is 0. The van der Waals surface area contributed by atoms with Gasteiger partial charge in [0.1, 0.15) is 0 Å². The number of hydrogen-bond acceptors (Lipinski definition) is 0. The van der Waals surface area contributed by atoms with Crippen LogP contribution in [0, 0.1) is 0 Å². The number of quaternary nitrogens is 1. The van der Waals surface area contributed by atoms with E-state index in [1.807, 2.05) is 0 Å². The molecule has 0 aromatic carbocycles. The Hall–Kier alpha value is 0.540. The van der Waals surface area contributed by atoms with Crippen LogP contribution in [0.1, 0.15) is 72.1 Å². The lowest BCUT2D eigenvalue weighted by Gasteiger charge is -2.37. The number of nitrogens with zero attached hydrogens (tertiary/aromatic N) is 1. The highest BCUT2D eigenvalue weighted by Crippen LogP contribution is 2.16. The van der Waals surface area contributed by atoms with Gasteiger partial charge >= 0.3 is 0 Å². The lowest BCUT2D eigenvalue weighted by Crippen LogP contribution is -3.00. The van der Waals surface area contributed by atoms with Crippen molar-refractivity contribution in [2.45, 2.75) is 72.1 Å². The molecular formula is C15H33Cl2N. The minimum absolute atomic E-state index is 0. The molecular weight excluding hydrogens is 265 g/mol. The quantitative estimate of drug-likeness (QED) is 0.224. The van der Waals surface area contributed by atoms with Gasteiger partial charge in [-0.15, -0.1) is 0 Å². The number of alkyl halides is 1. The molecule has 112 valence electrons. The fourth-order valence-electron chi connectivity index (χ4n) is 2.38. The normalized spacial score (nSPS) is 11.3. The molecule has 0 heterocycles. The van der Waals surface area contributed by atoms with Crippen molar-refractivity contribution in [2.75, 3.05) is 25.6 Å². The first-order chi connectivity index (χ1) is 8.24. The van der Waals surface area contributed by atoms with Crippen LogP contribution in [-0.2, 0) is 0 Å². The van der Waals surface area contributed by atoms with Crippen LogP contribution in [0.3, 0.4) is 0 Å². The molecule has 0 rings (SSSR count). The van der Waals surface area contributed by atoms with Crippen LogP contribution in [-0.4, -0.2) is 30.1 Å². The number of unbranched alkanes of at least 4 members (excludes halogenated alkanes) is 5. The Kier molecular flexibility index (Phi) is 16.2. The Morgan fingerprint density at radius 2 is 1.11 bits per heavy atom. The van der Waals surface area contributed by atoms with Crippen molar-refractivity contribution in [2.24, 2.45) is 0 Å². The Labute approximate surface area is 126 Å². The topological polar surface area (TPSA) is 0 Å². The molecule has 1 nitrogen and oxygen atoms in total. The fraction of sp³-hybridized carbons (Fsp3) is 1.00. The summed E-state index contributed by atoms with van der Waals surface area (Å²) in [7, 11) is 0. The maximum atomic E-state index is 6.28. The molecule has 0 aromatic rings. The van der Waals surface area contributed by atoms with Crippen molar-refractivity contribution in [1.29, 1.82) is 0 Å². The summed E-state index contributed by atoms with van der Waals surface area (Å²) in [6.07, 6.45) is 10.7. The summed E-state index contributed by atoms with van der Waals surface area (Å²) >= 11 is 6.28. The van der Waals surface area contributed by atoms with Gasteiger partial charge in [0.05, 0.1) is 19.6 Å². The van der Waals surface area contributed by atoms with Crippen molar-refractivity contribution in [3.8, 4) is 0 Å². The summed E-state index contributed by atoms with van der Waals surface area (Å²) < 4.78 is 1.16. The summed E-state index contributed by atoms with van der Waals surface area (Å²) in [5, 5.41) is 0. The molecule has 18 heavy (non-hydrogen) atoms. The SMILES string of the molecule is CCCCCC[N+](CCl)(CCCC)CCCC.[Cl-]. The van der Waals surface area contributed by atoms with Crippen molar-refractivity contribution in [1.82, 2.24) is 0 Å². The Balaban J connectivity index is 0. The third-order valence-electron chi connectivity index (χ3n) is 3.71. The molecule has 3 heteroatoms. The van der Waals surface area contributed by atoms with E-state index in [1.54, 1.807) is 0 Å². The third-order valence-corrected chi connectivity index (χ3v) is 4.22. The highest BCUT2D eigenvalue weighted by Gasteiger charge is 2.24. The molecule has 0 N–H and O–H groups in total. The lowest BCUT2D eigenvalue weighted by molar-refractivity contribution is -0.918. The van der Waals surface area contributed by atoms with Crippen molar-refractivity contribution in [3.05, 3.63) is 0 Å². The second kappa shape index (κ2) is 14.0. The maximum Gasteiger partial charge on any atom is 0.154 e. The van der Waals surface area contributed by atoms with Gasteiger partial charge in [-0.3, -0.25) is 0 Å². The minimum Gasteiger partial charge on any atom is -1.00 e. The zero-order valence-corrected chi connectivity index (χ0v) is 14.2. The van der Waals surface area contributed by atoms with Crippen LogP contribution in [0.25, 0.3) is 0 Å². The van der Waals surface area contributed by atoms with Crippen LogP contribution >= 0.6 is 11.6 Å². The zero-order chi connectivity index (χ0) is 13.0. The minimum atomic E-state index is 0. The number of rotatable bonds is 12. The molecule has 0 radical (unpaired) electrons. The highest BCUT2D eigenvalue weighted by atomic mass is 35.5. The second-order valence-electron chi connectivity index (χ2n) is 5.40. The Morgan fingerprint density at radius 1 is 0.667 bits per heavy atom. The van der Waals surface area contributed by atoms with E-state index < -0.39 is 0 Å². The van der Waals surface area contributed by atoms with Crippen molar-refractivity contribution in [3.63, 3.8) is 0 Å². The van der Waals surface area contributed by atoms with Gasteiger partial charge in [0.25, 0.3) is 0 Å². The van der Waals surface area contributed by atoms with Gasteiger partial charge in [-0.1, -0.05) is 58.1 Å². The Bertz CT molecular complexity index is 155. The predicted molar refractivity (Wildman–Crippen MR) is 79.5 cm³/mol. The van der Waals surface area contributed by atoms with Crippen molar-refractivity contribution >= 4 is 11.6 Å². The molecule has 0 aromatic heterocycles. The van der Waals surface area contributed by atoms with Crippen LogP contribution in [0.5, 0.6) is 0 Å². The van der Waals surface area contributed by atoms with Crippen molar-refractivity contribution < 1.29 is 16.9 Å². The number of halogens is 2.